The third-order valence-electron chi connectivity index (χ3n) is 2.96. The molecule has 21 heavy (non-hydrogen) atoms. The normalized spacial score (nSPS) is 19.0. The Balaban J connectivity index is 2.33. The van der Waals surface area contributed by atoms with E-state index in [4.69, 9.17) is 11.6 Å². The van der Waals surface area contributed by atoms with Crippen LogP contribution < -0.4 is 4.90 Å². The van der Waals surface area contributed by atoms with Gasteiger partial charge in [-0.15, -0.1) is 3.89 Å². The Hall–Kier alpha value is -1.81. The summed E-state index contributed by atoms with van der Waals surface area (Å²) in [5, 5.41) is 10.9. The molecular formula is C10H9ClFN3O5S. The molecule has 1 unspecified atom stereocenters. The van der Waals surface area contributed by atoms with Crippen LogP contribution in [-0.4, -0.2) is 36.5 Å². The molecule has 8 nitrogen and oxygen atoms in total. The lowest BCUT2D eigenvalue weighted by molar-refractivity contribution is -0.384. The molecule has 1 atom stereocenters. The van der Waals surface area contributed by atoms with E-state index in [1.54, 1.807) is 0 Å². The number of carbonyl (C=O) groups excluding carboxylic acids is 1. The van der Waals surface area contributed by atoms with Gasteiger partial charge < -0.3 is 4.90 Å². The van der Waals surface area contributed by atoms with E-state index in [1.807, 2.05) is 0 Å². The molecular weight excluding hydrogens is 329 g/mol. The number of hydrogen-bond acceptors (Lipinski definition) is 6. The number of amides is 1. The van der Waals surface area contributed by atoms with Crippen molar-refractivity contribution in [1.29, 1.82) is 0 Å². The second-order valence-corrected chi connectivity index (χ2v) is 6.33. The summed E-state index contributed by atoms with van der Waals surface area (Å²) in [6, 6.07) is 1.14. The van der Waals surface area contributed by atoms with Crippen molar-refractivity contribution in [2.45, 2.75) is 6.42 Å². The molecule has 2 heterocycles. The predicted octanol–water partition coefficient (Wildman–Crippen LogP) is 1.30. The lowest BCUT2D eigenvalue weighted by Crippen LogP contribution is -2.26. The fourth-order valence-electron chi connectivity index (χ4n) is 2.18. The zero-order valence-corrected chi connectivity index (χ0v) is 12.0. The Morgan fingerprint density at radius 1 is 1.57 bits per heavy atom. The monoisotopic (exact) mass is 337 g/mol. The van der Waals surface area contributed by atoms with Gasteiger partial charge in [-0.2, -0.15) is 8.42 Å². The van der Waals surface area contributed by atoms with E-state index in [1.165, 1.54) is 0 Å². The van der Waals surface area contributed by atoms with Crippen molar-refractivity contribution in [3.63, 3.8) is 0 Å². The molecule has 0 N–H and O–H groups in total. The summed E-state index contributed by atoms with van der Waals surface area (Å²) in [7, 11) is -4.72. The molecule has 0 aromatic carbocycles. The SMILES string of the molecule is O=C1CC(CS(=O)(=O)F)CN1c1cc(Cl)ncc1[N+](=O)[O-]. The lowest BCUT2D eigenvalue weighted by atomic mass is 10.1. The number of pyridine rings is 1. The number of halogens is 2. The molecule has 0 radical (unpaired) electrons. The highest BCUT2D eigenvalue weighted by molar-refractivity contribution is 7.86. The van der Waals surface area contributed by atoms with Gasteiger partial charge in [0.15, 0.2) is 0 Å². The molecule has 1 aliphatic heterocycles. The fraction of sp³-hybridized carbons (Fsp3) is 0.400. The minimum atomic E-state index is -4.72. The van der Waals surface area contributed by atoms with Crippen LogP contribution in [-0.2, 0) is 15.0 Å². The number of nitrogens with zero attached hydrogens (tertiary/aromatic N) is 3. The third-order valence-corrected chi connectivity index (χ3v) is 4.03. The van der Waals surface area contributed by atoms with E-state index in [0.717, 1.165) is 17.2 Å². The van der Waals surface area contributed by atoms with E-state index in [2.05, 4.69) is 4.98 Å². The van der Waals surface area contributed by atoms with E-state index in [9.17, 15) is 27.2 Å². The van der Waals surface area contributed by atoms with Crippen LogP contribution in [0.1, 0.15) is 6.42 Å². The van der Waals surface area contributed by atoms with Gasteiger partial charge in [0.1, 0.15) is 17.0 Å². The van der Waals surface area contributed by atoms with Crippen LogP contribution in [0.25, 0.3) is 0 Å². The minimum absolute atomic E-state index is 0.0510. The van der Waals surface area contributed by atoms with Gasteiger partial charge in [0.05, 0.1) is 10.7 Å². The van der Waals surface area contributed by atoms with E-state index >= 15 is 0 Å². The second kappa shape index (κ2) is 5.53. The first-order valence-electron chi connectivity index (χ1n) is 5.70. The Labute approximate surface area is 123 Å². The molecule has 1 aliphatic rings. The maximum Gasteiger partial charge on any atom is 0.311 e. The molecule has 0 aliphatic carbocycles. The van der Waals surface area contributed by atoms with E-state index < -0.39 is 38.4 Å². The summed E-state index contributed by atoms with van der Waals surface area (Å²) in [6.45, 7) is -0.136. The summed E-state index contributed by atoms with van der Waals surface area (Å²) >= 11 is 5.66. The van der Waals surface area contributed by atoms with Gasteiger partial charge >= 0.3 is 15.9 Å². The summed E-state index contributed by atoms with van der Waals surface area (Å²) in [6.07, 6.45) is 0.699. The number of nitro groups is 1. The van der Waals surface area contributed by atoms with E-state index in [-0.39, 0.29) is 23.8 Å². The predicted molar refractivity (Wildman–Crippen MR) is 71.3 cm³/mol. The highest BCUT2D eigenvalue weighted by atomic mass is 35.5. The van der Waals surface area contributed by atoms with Crippen molar-refractivity contribution in [3.8, 4) is 0 Å². The largest absolute Gasteiger partial charge is 0.311 e. The van der Waals surface area contributed by atoms with Crippen LogP contribution in [0.4, 0.5) is 15.3 Å². The molecule has 1 amide bonds. The van der Waals surface area contributed by atoms with Gasteiger partial charge in [-0.3, -0.25) is 14.9 Å². The minimum Gasteiger partial charge on any atom is -0.306 e. The Bertz CT molecular complexity index is 711. The number of aromatic nitrogens is 1. The van der Waals surface area contributed by atoms with Crippen LogP contribution in [0.5, 0.6) is 0 Å². The standard InChI is InChI=1S/C10H9ClFN3O5S/c11-9-2-7(8(3-13-9)15(17)18)14-4-6(1-10(14)16)5-21(12,19)20/h2-3,6H,1,4-5H2. The van der Waals surface area contributed by atoms with Crippen LogP contribution in [0.2, 0.25) is 5.15 Å². The van der Waals surface area contributed by atoms with E-state index in [0.29, 0.717) is 0 Å². The summed E-state index contributed by atoms with van der Waals surface area (Å²) in [5.41, 5.74) is -0.514. The Morgan fingerprint density at radius 2 is 2.24 bits per heavy atom. The first kappa shape index (κ1) is 15.6. The summed E-state index contributed by atoms with van der Waals surface area (Å²) < 4.78 is 33.9. The van der Waals surface area contributed by atoms with Crippen LogP contribution >= 0.6 is 11.6 Å². The molecule has 0 bridgehead atoms. The first-order valence-corrected chi connectivity index (χ1v) is 7.63. The van der Waals surface area contributed by atoms with Crippen LogP contribution in [0.15, 0.2) is 12.3 Å². The van der Waals surface area contributed by atoms with Crippen molar-refractivity contribution in [2.24, 2.45) is 5.92 Å². The third kappa shape index (κ3) is 3.64. The Morgan fingerprint density at radius 3 is 2.81 bits per heavy atom. The molecule has 1 aromatic rings. The maximum absolute atomic E-state index is 12.7. The van der Waals surface area contributed by atoms with Gasteiger partial charge in [0, 0.05) is 24.9 Å². The van der Waals surface area contributed by atoms with Crippen LogP contribution in [0, 0.1) is 16.0 Å². The molecule has 114 valence electrons. The average molecular weight is 338 g/mol. The zero-order chi connectivity index (χ0) is 15.8. The first-order chi connectivity index (χ1) is 9.67. The van der Waals surface area contributed by atoms with Crippen molar-refractivity contribution >= 4 is 39.1 Å². The summed E-state index contributed by atoms with van der Waals surface area (Å²) in [5.74, 6) is -2.10. The molecule has 1 saturated heterocycles. The topological polar surface area (TPSA) is 110 Å². The van der Waals surface area contributed by atoms with Crippen molar-refractivity contribution in [1.82, 2.24) is 4.98 Å². The second-order valence-electron chi connectivity index (χ2n) is 4.53. The van der Waals surface area contributed by atoms with Gasteiger partial charge in [-0.25, -0.2) is 4.98 Å². The number of carbonyl (C=O) groups is 1. The van der Waals surface area contributed by atoms with Crippen molar-refractivity contribution in [3.05, 3.63) is 27.5 Å². The zero-order valence-electron chi connectivity index (χ0n) is 10.4. The quantitative estimate of drug-likeness (QED) is 0.354. The molecule has 0 saturated carbocycles. The smallest absolute Gasteiger partial charge is 0.306 e. The van der Waals surface area contributed by atoms with Gasteiger partial charge in [-0.1, -0.05) is 11.6 Å². The van der Waals surface area contributed by atoms with Crippen LogP contribution in [0.3, 0.4) is 0 Å². The number of anilines is 1. The number of hydrogen-bond donors (Lipinski definition) is 0. The molecule has 1 fully saturated rings. The molecule has 11 heteroatoms. The van der Waals surface area contributed by atoms with Crippen molar-refractivity contribution in [2.75, 3.05) is 17.2 Å². The highest BCUT2D eigenvalue weighted by Gasteiger charge is 2.36. The van der Waals surface area contributed by atoms with Gasteiger partial charge in [0.25, 0.3) is 0 Å². The molecule has 1 aromatic heterocycles. The Kier molecular flexibility index (Phi) is 4.10. The fourth-order valence-corrected chi connectivity index (χ4v) is 3.12. The lowest BCUT2D eigenvalue weighted by Gasteiger charge is -2.16. The average Bonchev–Trinajstić information content (AvgIpc) is 2.66. The molecule has 2 rings (SSSR count). The maximum atomic E-state index is 12.7. The van der Waals surface area contributed by atoms with Crippen molar-refractivity contribution < 1.29 is 22.0 Å². The van der Waals surface area contributed by atoms with Gasteiger partial charge in [0.2, 0.25) is 5.91 Å². The van der Waals surface area contributed by atoms with Gasteiger partial charge in [-0.05, 0) is 0 Å². The molecule has 0 spiro atoms. The highest BCUT2D eigenvalue weighted by Crippen LogP contribution is 2.34. The number of rotatable bonds is 4. The summed E-state index contributed by atoms with van der Waals surface area (Å²) in [4.78, 5) is 26.7.